The lowest BCUT2D eigenvalue weighted by Gasteiger charge is -2.16. The van der Waals surface area contributed by atoms with Crippen LogP contribution in [0.3, 0.4) is 0 Å². The number of rotatable bonds is 5. The normalized spacial score (nSPS) is 11.1. The molecule has 0 saturated heterocycles. The van der Waals surface area contributed by atoms with Gasteiger partial charge in [-0.15, -0.1) is 0 Å². The van der Waals surface area contributed by atoms with Gasteiger partial charge in [0.05, 0.1) is 5.69 Å². The van der Waals surface area contributed by atoms with Crippen molar-refractivity contribution in [3.8, 4) is 16.9 Å². The van der Waals surface area contributed by atoms with Gasteiger partial charge in [-0.3, -0.25) is 9.36 Å². The Morgan fingerprint density at radius 1 is 1.00 bits per heavy atom. The topological polar surface area (TPSA) is 59.8 Å². The van der Waals surface area contributed by atoms with Crippen LogP contribution in [0.5, 0.6) is 0 Å². The first kappa shape index (κ1) is 20.6. The number of nitrogens with zero attached hydrogens (tertiary/aromatic N) is 3. The van der Waals surface area contributed by atoms with E-state index in [1.807, 2.05) is 6.92 Å². The first-order valence-electron chi connectivity index (χ1n) is 9.79. The molecule has 2 heterocycles. The van der Waals surface area contributed by atoms with Crippen LogP contribution in [0.1, 0.15) is 18.9 Å². The minimum absolute atomic E-state index is 0.0452. The molecule has 1 N–H and O–H groups in total. The molecule has 0 radical (unpaired) electrons. The van der Waals surface area contributed by atoms with E-state index in [-0.39, 0.29) is 11.6 Å². The lowest BCUT2D eigenvalue weighted by Crippen LogP contribution is -2.21. The Morgan fingerprint density at radius 3 is 2.42 bits per heavy atom. The molecule has 0 amide bonds. The second-order valence-electron chi connectivity index (χ2n) is 7.10. The number of benzene rings is 2. The van der Waals surface area contributed by atoms with E-state index in [9.17, 15) is 18.0 Å². The van der Waals surface area contributed by atoms with Crippen LogP contribution < -0.4 is 10.9 Å². The van der Waals surface area contributed by atoms with Crippen LogP contribution in [0, 0.1) is 24.4 Å². The quantitative estimate of drug-likeness (QED) is 0.490. The van der Waals surface area contributed by atoms with Crippen molar-refractivity contribution in [3.63, 3.8) is 0 Å². The Labute approximate surface area is 176 Å². The number of nitrogens with one attached hydrogen (secondary N) is 1. The molecule has 0 fully saturated rings. The van der Waals surface area contributed by atoms with Gasteiger partial charge >= 0.3 is 0 Å². The summed E-state index contributed by atoms with van der Waals surface area (Å²) in [4.78, 5) is 21.7. The molecule has 31 heavy (non-hydrogen) atoms. The average Bonchev–Trinajstić information content (AvgIpc) is 2.73. The summed E-state index contributed by atoms with van der Waals surface area (Å²) >= 11 is 0. The number of anilines is 1. The molecule has 0 atom stereocenters. The standard InChI is InChI=1S/C23H19F3N4O/c1-3-11-27-23-28-20(15-8-7-14(24)12-13(15)2)16-9-10-19(31)30(22(16)29-23)21-17(25)5-4-6-18(21)26/h4-10,12H,3,11H2,1-2H3,(H,27,28,29). The summed E-state index contributed by atoms with van der Waals surface area (Å²) in [7, 11) is 0. The van der Waals surface area contributed by atoms with Crippen molar-refractivity contribution in [2.75, 3.05) is 11.9 Å². The van der Waals surface area contributed by atoms with Crippen LogP contribution in [-0.4, -0.2) is 21.1 Å². The van der Waals surface area contributed by atoms with E-state index in [4.69, 9.17) is 0 Å². The molecule has 0 bridgehead atoms. The summed E-state index contributed by atoms with van der Waals surface area (Å²) in [6, 6.07) is 10.3. The number of aromatic nitrogens is 3. The molecule has 5 nitrogen and oxygen atoms in total. The number of pyridine rings is 1. The third-order valence-corrected chi connectivity index (χ3v) is 4.89. The van der Waals surface area contributed by atoms with Crippen molar-refractivity contribution in [1.29, 1.82) is 0 Å². The highest BCUT2D eigenvalue weighted by atomic mass is 19.1. The number of aryl methyl sites for hydroxylation is 1. The predicted octanol–water partition coefficient (Wildman–Crippen LogP) is 5.00. The summed E-state index contributed by atoms with van der Waals surface area (Å²) in [6.07, 6.45) is 0.788. The fraction of sp³-hybridized carbons (Fsp3) is 0.174. The molecular weight excluding hydrogens is 405 g/mol. The van der Waals surface area contributed by atoms with Crippen LogP contribution in [-0.2, 0) is 0 Å². The van der Waals surface area contributed by atoms with E-state index in [0.717, 1.165) is 23.1 Å². The maximum absolute atomic E-state index is 14.6. The van der Waals surface area contributed by atoms with Gasteiger partial charge in [0.25, 0.3) is 5.56 Å². The van der Waals surface area contributed by atoms with Crippen molar-refractivity contribution < 1.29 is 13.2 Å². The van der Waals surface area contributed by atoms with Gasteiger partial charge < -0.3 is 5.32 Å². The number of para-hydroxylation sites is 1. The molecule has 0 aliphatic rings. The SMILES string of the molecule is CCCNc1nc(-c2ccc(F)cc2C)c2ccc(=O)n(-c3c(F)cccc3F)c2n1. The Bertz CT molecular complexity index is 1330. The molecule has 2 aromatic heterocycles. The highest BCUT2D eigenvalue weighted by Gasteiger charge is 2.20. The maximum Gasteiger partial charge on any atom is 0.256 e. The average molecular weight is 424 g/mol. The molecule has 158 valence electrons. The van der Waals surface area contributed by atoms with Gasteiger partial charge in [-0.25, -0.2) is 18.2 Å². The van der Waals surface area contributed by atoms with Crippen molar-refractivity contribution in [2.24, 2.45) is 0 Å². The third kappa shape index (κ3) is 3.76. The highest BCUT2D eigenvalue weighted by molar-refractivity contribution is 5.93. The van der Waals surface area contributed by atoms with Gasteiger partial charge in [0, 0.05) is 23.6 Å². The van der Waals surface area contributed by atoms with E-state index in [1.54, 1.807) is 13.0 Å². The van der Waals surface area contributed by atoms with Crippen LogP contribution in [0.2, 0.25) is 0 Å². The molecule has 0 spiro atoms. The summed E-state index contributed by atoms with van der Waals surface area (Å²) in [5, 5.41) is 3.46. The first-order valence-corrected chi connectivity index (χ1v) is 9.79. The Morgan fingerprint density at radius 2 is 1.74 bits per heavy atom. The first-order chi connectivity index (χ1) is 14.9. The Hall–Kier alpha value is -3.68. The minimum atomic E-state index is -0.893. The maximum atomic E-state index is 14.6. The van der Waals surface area contributed by atoms with E-state index in [2.05, 4.69) is 15.3 Å². The van der Waals surface area contributed by atoms with Gasteiger partial charge in [0.2, 0.25) is 5.95 Å². The van der Waals surface area contributed by atoms with E-state index in [1.165, 1.54) is 30.3 Å². The fourth-order valence-electron chi connectivity index (χ4n) is 3.45. The molecule has 0 aliphatic carbocycles. The van der Waals surface area contributed by atoms with Crippen molar-refractivity contribution in [1.82, 2.24) is 14.5 Å². The molecule has 0 saturated carbocycles. The van der Waals surface area contributed by atoms with E-state index in [0.29, 0.717) is 28.8 Å². The summed E-state index contributed by atoms with van der Waals surface area (Å²) < 4.78 is 43.7. The largest absolute Gasteiger partial charge is 0.354 e. The highest BCUT2D eigenvalue weighted by Crippen LogP contribution is 2.31. The molecule has 8 heteroatoms. The van der Waals surface area contributed by atoms with Crippen LogP contribution in [0.15, 0.2) is 53.3 Å². The van der Waals surface area contributed by atoms with Gasteiger partial charge in [0.15, 0.2) is 5.65 Å². The number of hydrogen-bond acceptors (Lipinski definition) is 4. The van der Waals surface area contributed by atoms with Crippen LogP contribution in [0.4, 0.5) is 19.1 Å². The summed E-state index contributed by atoms with van der Waals surface area (Å²) in [6.45, 7) is 4.25. The lowest BCUT2D eigenvalue weighted by atomic mass is 10.0. The number of fused-ring (bicyclic) bond motifs is 1. The molecule has 2 aromatic carbocycles. The van der Waals surface area contributed by atoms with Crippen molar-refractivity contribution in [2.45, 2.75) is 20.3 Å². The Balaban J connectivity index is 2.11. The van der Waals surface area contributed by atoms with Crippen LogP contribution in [0.25, 0.3) is 28.0 Å². The third-order valence-electron chi connectivity index (χ3n) is 4.89. The van der Waals surface area contributed by atoms with E-state index >= 15 is 0 Å². The predicted molar refractivity (Wildman–Crippen MR) is 114 cm³/mol. The second-order valence-corrected chi connectivity index (χ2v) is 7.10. The summed E-state index contributed by atoms with van der Waals surface area (Å²) in [5.74, 6) is -1.98. The molecule has 4 aromatic rings. The molecule has 0 unspecified atom stereocenters. The minimum Gasteiger partial charge on any atom is -0.354 e. The zero-order valence-corrected chi connectivity index (χ0v) is 16.9. The van der Waals surface area contributed by atoms with Gasteiger partial charge in [-0.05, 0) is 55.3 Å². The lowest BCUT2D eigenvalue weighted by molar-refractivity contribution is 0.568. The monoisotopic (exact) mass is 424 g/mol. The smallest absolute Gasteiger partial charge is 0.256 e. The second kappa shape index (κ2) is 8.22. The van der Waals surface area contributed by atoms with Crippen LogP contribution >= 0.6 is 0 Å². The number of halogens is 3. The zero-order valence-electron chi connectivity index (χ0n) is 16.9. The number of hydrogen-bond donors (Lipinski definition) is 1. The molecular formula is C23H19F3N4O. The van der Waals surface area contributed by atoms with E-state index < -0.39 is 28.7 Å². The van der Waals surface area contributed by atoms with Gasteiger partial charge in [0.1, 0.15) is 23.1 Å². The zero-order chi connectivity index (χ0) is 22.1. The van der Waals surface area contributed by atoms with Gasteiger partial charge in [-0.1, -0.05) is 13.0 Å². The molecule has 4 rings (SSSR count). The van der Waals surface area contributed by atoms with Crippen molar-refractivity contribution in [3.05, 3.63) is 81.9 Å². The van der Waals surface area contributed by atoms with Gasteiger partial charge in [-0.2, -0.15) is 4.98 Å². The van der Waals surface area contributed by atoms with Crippen molar-refractivity contribution >= 4 is 17.0 Å². The fourth-order valence-corrected chi connectivity index (χ4v) is 3.45. The molecule has 0 aliphatic heterocycles. The Kier molecular flexibility index (Phi) is 5.46. The summed E-state index contributed by atoms with van der Waals surface area (Å²) in [5.41, 5.74) is 0.553.